The van der Waals surface area contributed by atoms with E-state index in [0.29, 0.717) is 38.1 Å². The Hall–Kier alpha value is -1.61. The second-order valence-electron chi connectivity index (χ2n) is 16.9. The standard InChI is InChI=1S/C42H63F3O9/c1-8-49-24-39(46)27(4)53-36(40(47,25-50-9-2)35(39)48-7)54-31-17-20-37(5)30(23-31)15-16-34-33(37)18-21-38(6)32(19-22-41(34,38)52-26-51-10-3)28-11-13-29(14-12-28)42(43,44)45/h11-14,19,27,30-31,33-36,46-47H,8-10,15-18,20-26H2,1-7H3/t27-,30?,31?,33-,34-,35+,36+,37+,38-,39-,40-,41-/m1/s1. The van der Waals surface area contributed by atoms with Gasteiger partial charge in [0.05, 0.1) is 36.6 Å². The number of ether oxygens (including phenoxy) is 7. The number of hydrogen-bond acceptors (Lipinski definition) is 9. The van der Waals surface area contributed by atoms with E-state index >= 15 is 0 Å². The summed E-state index contributed by atoms with van der Waals surface area (Å²) in [4.78, 5) is 0. The smallest absolute Gasteiger partial charge is 0.382 e. The van der Waals surface area contributed by atoms with E-state index in [1.165, 1.54) is 19.2 Å². The van der Waals surface area contributed by atoms with Gasteiger partial charge in [0.1, 0.15) is 18.5 Å². The summed E-state index contributed by atoms with van der Waals surface area (Å²) in [6.45, 7) is 13.3. The molecule has 1 saturated heterocycles. The van der Waals surface area contributed by atoms with E-state index in [9.17, 15) is 23.4 Å². The highest BCUT2D eigenvalue weighted by Crippen LogP contribution is 2.70. The Balaban J connectivity index is 1.22. The predicted octanol–water partition coefficient (Wildman–Crippen LogP) is 7.55. The van der Waals surface area contributed by atoms with Gasteiger partial charge in [-0.3, -0.25) is 0 Å². The maximum atomic E-state index is 13.5. The average molecular weight is 769 g/mol. The summed E-state index contributed by atoms with van der Waals surface area (Å²) in [5.74, 6) is 0.978. The molecule has 3 saturated carbocycles. The first-order chi connectivity index (χ1) is 25.6. The molecule has 0 aromatic heterocycles. The Kier molecular flexibility index (Phi) is 12.4. The molecule has 1 aromatic carbocycles. The van der Waals surface area contributed by atoms with E-state index in [-0.39, 0.29) is 37.4 Å². The van der Waals surface area contributed by atoms with Crippen LogP contribution in [0.25, 0.3) is 5.57 Å². The van der Waals surface area contributed by atoms with Crippen LogP contribution in [0.4, 0.5) is 13.2 Å². The van der Waals surface area contributed by atoms with Crippen molar-refractivity contribution < 1.29 is 56.5 Å². The van der Waals surface area contributed by atoms with Crippen LogP contribution in [0, 0.1) is 28.6 Å². The molecule has 1 aromatic rings. The zero-order valence-corrected chi connectivity index (χ0v) is 33.2. The van der Waals surface area contributed by atoms with Crippen molar-refractivity contribution in [1.29, 1.82) is 0 Å². The number of hydrogen-bond donors (Lipinski definition) is 2. The lowest BCUT2D eigenvalue weighted by atomic mass is 9.43. The third-order valence-electron chi connectivity index (χ3n) is 14.4. The molecule has 4 aliphatic carbocycles. The van der Waals surface area contributed by atoms with Crippen LogP contribution in [0.3, 0.4) is 0 Å². The van der Waals surface area contributed by atoms with Gasteiger partial charge in [0.25, 0.3) is 0 Å². The van der Waals surface area contributed by atoms with Crippen LogP contribution in [0.2, 0.25) is 0 Å². The molecule has 4 fully saturated rings. The van der Waals surface area contributed by atoms with E-state index in [0.717, 1.165) is 56.1 Å². The molecular formula is C42H63F3O9. The molecule has 12 heteroatoms. The lowest BCUT2D eigenvalue weighted by Crippen LogP contribution is -2.75. The van der Waals surface area contributed by atoms with Gasteiger partial charge in [-0.2, -0.15) is 13.2 Å². The highest BCUT2D eigenvalue weighted by Gasteiger charge is 2.68. The van der Waals surface area contributed by atoms with Gasteiger partial charge in [0, 0.05) is 32.3 Å². The third-order valence-corrected chi connectivity index (χ3v) is 14.4. The molecule has 5 aliphatic rings. The van der Waals surface area contributed by atoms with Crippen LogP contribution in [-0.4, -0.2) is 98.6 Å². The zero-order chi connectivity index (χ0) is 39.2. The van der Waals surface area contributed by atoms with Crippen LogP contribution in [0.15, 0.2) is 30.3 Å². The van der Waals surface area contributed by atoms with Gasteiger partial charge >= 0.3 is 6.18 Å². The maximum absolute atomic E-state index is 13.5. The minimum atomic E-state index is -4.39. The monoisotopic (exact) mass is 768 g/mol. The molecule has 2 unspecified atom stereocenters. The molecule has 2 N–H and O–H groups in total. The minimum Gasteiger partial charge on any atom is -0.382 e. The maximum Gasteiger partial charge on any atom is 0.416 e. The van der Waals surface area contributed by atoms with E-state index in [1.54, 1.807) is 19.1 Å². The Morgan fingerprint density at radius 2 is 1.52 bits per heavy atom. The Morgan fingerprint density at radius 3 is 2.15 bits per heavy atom. The summed E-state index contributed by atoms with van der Waals surface area (Å²) in [5.41, 5.74) is -3.10. The van der Waals surface area contributed by atoms with Crippen molar-refractivity contribution in [2.75, 3.05) is 46.9 Å². The molecule has 306 valence electrons. The second kappa shape index (κ2) is 16.0. The van der Waals surface area contributed by atoms with Crippen molar-refractivity contribution in [3.63, 3.8) is 0 Å². The van der Waals surface area contributed by atoms with Crippen LogP contribution < -0.4 is 0 Å². The van der Waals surface area contributed by atoms with E-state index < -0.39 is 52.5 Å². The average Bonchev–Trinajstić information content (AvgIpc) is 3.45. The van der Waals surface area contributed by atoms with Gasteiger partial charge in [-0.1, -0.05) is 32.1 Å². The van der Waals surface area contributed by atoms with E-state index in [2.05, 4.69) is 19.9 Å². The number of halogens is 3. The van der Waals surface area contributed by atoms with E-state index in [1.807, 2.05) is 20.8 Å². The molecule has 0 spiro atoms. The molecule has 0 amide bonds. The fraction of sp³-hybridized carbons (Fsp3) is 0.810. The van der Waals surface area contributed by atoms with E-state index in [4.69, 9.17) is 33.2 Å². The lowest BCUT2D eigenvalue weighted by molar-refractivity contribution is -0.386. The molecule has 0 bridgehead atoms. The second-order valence-corrected chi connectivity index (χ2v) is 16.9. The summed E-state index contributed by atoms with van der Waals surface area (Å²) < 4.78 is 83.4. The topological polar surface area (TPSA) is 105 Å². The normalized spacial score (nSPS) is 42.2. The largest absolute Gasteiger partial charge is 0.416 e. The Morgan fingerprint density at radius 1 is 0.852 bits per heavy atom. The summed E-state index contributed by atoms with van der Waals surface area (Å²) in [6.07, 6.45) is 1.69. The number of aliphatic hydroxyl groups is 2. The lowest BCUT2D eigenvalue weighted by Gasteiger charge is -2.64. The van der Waals surface area contributed by atoms with Gasteiger partial charge in [-0.15, -0.1) is 0 Å². The molecule has 6 rings (SSSR count). The van der Waals surface area contributed by atoms with Crippen LogP contribution in [0.5, 0.6) is 0 Å². The van der Waals surface area contributed by atoms with Crippen molar-refractivity contribution in [3.8, 4) is 0 Å². The van der Waals surface area contributed by atoms with Crippen LogP contribution in [-0.2, 0) is 39.3 Å². The summed E-state index contributed by atoms with van der Waals surface area (Å²) in [6, 6.07) is 5.60. The van der Waals surface area contributed by atoms with Crippen molar-refractivity contribution in [2.24, 2.45) is 28.6 Å². The SMILES string of the molecule is CCOCO[C@@]12CC=C(c3ccc(C(F)(F)F)cc3)[C@@]1(C)CC[C@@H]1[C@H]2CCC2CC(O[C@@H]3O[C@H](C)[C@](O)(COCC)[C@H](OC)[C@]3(O)COCC)CC[C@@]21C. The molecular weight excluding hydrogens is 705 g/mol. The number of fused-ring (bicyclic) bond motifs is 5. The molecule has 0 radical (unpaired) electrons. The van der Waals surface area contributed by atoms with Gasteiger partial charge in [-0.25, -0.2) is 0 Å². The molecule has 54 heavy (non-hydrogen) atoms. The van der Waals surface area contributed by atoms with Gasteiger partial charge < -0.3 is 43.4 Å². The van der Waals surface area contributed by atoms with Gasteiger partial charge in [0.2, 0.25) is 0 Å². The predicted molar refractivity (Wildman–Crippen MR) is 196 cm³/mol. The van der Waals surface area contributed by atoms with Crippen molar-refractivity contribution in [1.82, 2.24) is 0 Å². The van der Waals surface area contributed by atoms with Gasteiger partial charge in [0.15, 0.2) is 11.9 Å². The Labute approximate surface area is 319 Å². The summed E-state index contributed by atoms with van der Waals surface area (Å²) in [5, 5.41) is 24.0. The van der Waals surface area contributed by atoms with Crippen molar-refractivity contribution >= 4 is 5.57 Å². The first-order valence-corrected chi connectivity index (χ1v) is 20.1. The van der Waals surface area contributed by atoms with Gasteiger partial charge in [-0.05, 0) is 125 Å². The number of rotatable bonds is 14. The molecule has 12 atom stereocenters. The fourth-order valence-electron chi connectivity index (χ4n) is 11.5. The van der Waals surface area contributed by atoms with Crippen LogP contribution in [0.1, 0.15) is 104 Å². The number of methoxy groups -OCH3 is 1. The first-order valence-electron chi connectivity index (χ1n) is 20.1. The Bertz CT molecular complexity index is 1460. The molecule has 9 nitrogen and oxygen atoms in total. The molecule has 1 aliphatic heterocycles. The fourth-order valence-corrected chi connectivity index (χ4v) is 11.5. The van der Waals surface area contributed by atoms with Crippen molar-refractivity contribution in [3.05, 3.63) is 41.5 Å². The number of alkyl halides is 3. The first kappa shape index (κ1) is 42.0. The van der Waals surface area contributed by atoms with Crippen LogP contribution >= 0.6 is 0 Å². The quantitative estimate of drug-likeness (QED) is 0.113. The van der Waals surface area contributed by atoms with Crippen molar-refractivity contribution in [2.45, 2.75) is 140 Å². The number of benzene rings is 1. The summed E-state index contributed by atoms with van der Waals surface area (Å²) in [7, 11) is 1.46. The highest BCUT2D eigenvalue weighted by molar-refractivity contribution is 5.75. The third kappa shape index (κ3) is 7.01. The molecule has 1 heterocycles. The highest BCUT2D eigenvalue weighted by atomic mass is 19.4. The minimum absolute atomic E-state index is 0.0122. The zero-order valence-electron chi connectivity index (χ0n) is 33.2. The summed E-state index contributed by atoms with van der Waals surface area (Å²) >= 11 is 0.